The minimum Gasteiger partial charge on any atom is -0.480 e. The number of anilines is 3. The molecule has 0 radical (unpaired) electrons. The number of fused-ring (bicyclic) bond motifs is 1. The molecule has 1 fully saturated rings. The lowest BCUT2D eigenvalue weighted by Gasteiger charge is -2.41. The molecule has 1 saturated heterocycles. The van der Waals surface area contributed by atoms with Gasteiger partial charge in [0.25, 0.3) is 11.5 Å². The van der Waals surface area contributed by atoms with Gasteiger partial charge in [-0.3, -0.25) is 53.0 Å². The number of carbonyl (C=O) groups excluding carboxylic acids is 8. The van der Waals surface area contributed by atoms with Crippen molar-refractivity contribution in [2.24, 2.45) is 23.7 Å². The SMILES string of the molecule is CCC(C)C(C(CC(=O)N1CCCC1C(OC)C(C)C(=O)N[C@@H](Cc1ccccc1)C(=O)NCCc1ccc(NC(=O)CCCCCNC(=O)CC[C@H](NC(=O)c2ccc(NCc3cnc4nc(N)[nH]c(=O)c4n3)cc2)C(=O)O)cc1)OC)N(C)C(=O)[C@@H](NC(=O)C(C(C)C)N(C)C)C(C)C. The maximum absolute atomic E-state index is 14.6. The lowest BCUT2D eigenvalue weighted by molar-refractivity contribution is -0.148. The summed E-state index contributed by atoms with van der Waals surface area (Å²) in [4.78, 5) is 154. The number of hydrogen-bond acceptors (Lipinski definition) is 18. The Morgan fingerprint density at radius 3 is 2.07 bits per heavy atom. The molecule has 5 aromatic rings. The molecule has 0 aliphatic carbocycles. The van der Waals surface area contributed by atoms with Gasteiger partial charge in [0, 0.05) is 77.1 Å². The number of likely N-dealkylation sites (N-methyl/N-ethyl adjacent to an activating group) is 2. The van der Waals surface area contributed by atoms with E-state index < -0.39 is 77.7 Å². The van der Waals surface area contributed by atoms with Gasteiger partial charge in [-0.1, -0.05) is 104 Å². The van der Waals surface area contributed by atoms with Crippen LogP contribution >= 0.6 is 0 Å². The van der Waals surface area contributed by atoms with E-state index in [4.69, 9.17) is 15.2 Å². The van der Waals surface area contributed by atoms with Gasteiger partial charge in [0.05, 0.1) is 61.1 Å². The maximum atomic E-state index is 14.6. The highest BCUT2D eigenvalue weighted by Crippen LogP contribution is 2.30. The second-order valence-corrected chi connectivity index (χ2v) is 27.0. The second-order valence-electron chi connectivity index (χ2n) is 27.0. The van der Waals surface area contributed by atoms with Gasteiger partial charge in [-0.2, -0.15) is 4.98 Å². The molecule has 1 aliphatic heterocycles. The molecule has 8 amide bonds. The monoisotopic (exact) mass is 1400 g/mol. The van der Waals surface area contributed by atoms with E-state index in [1.807, 2.05) is 103 Å². The Kier molecular flexibility index (Phi) is 31.5. The van der Waals surface area contributed by atoms with E-state index in [0.717, 1.165) is 11.1 Å². The van der Waals surface area contributed by atoms with Crippen LogP contribution in [-0.2, 0) is 67.2 Å². The zero-order chi connectivity index (χ0) is 74.0. The number of aromatic nitrogens is 4. The first-order valence-electron chi connectivity index (χ1n) is 34.9. The highest BCUT2D eigenvalue weighted by molar-refractivity contribution is 5.97. The van der Waals surface area contributed by atoms with E-state index in [-0.39, 0.29) is 121 Å². The number of carboxylic acids is 1. The fourth-order valence-electron chi connectivity index (χ4n) is 12.9. The Balaban J connectivity index is 0.916. The molecule has 11 N–H and O–H groups in total. The number of nitrogens with zero attached hydrogens (tertiary/aromatic N) is 6. The minimum atomic E-state index is -1.32. The standard InChI is InChI=1S/C73H105N15O13/c1-13-45(6)63(87(10)71(97)60(43(2)3)83-70(96)62(44(4)5)86(8)9)56(100-11)40-59(91)88-38-20-23-55(88)64(101-12)46(7)66(92)82-54(39-48-21-16-14-17-22-48)68(94)76-37-35-47-25-29-51(30-26-47)79-58(90)24-18-15-19-36-75-57(89)34-33-53(72(98)99)81-67(93)49-27-31-50(32-28-49)77-41-52-42-78-65-61(80-52)69(95)85-73(74)84-65/h14,16-17,21-22,25-32,42-46,53-56,60,62-64,77H,13,15,18-20,23-24,33-41H2,1-12H3,(H,75,89)(H,76,94)(H,79,90)(H,81,93)(H,82,92)(H,83,96)(H,98,99)(H3,74,78,84,85,95)/t45?,46?,53-,54-,55?,56?,60-,62?,63?,64?/m0/s1. The smallest absolute Gasteiger partial charge is 0.326 e. The molecular formula is C73H105N15O13. The Hall–Kier alpha value is -9.41. The number of rotatable bonds is 40. The molecule has 7 unspecified atom stereocenters. The number of carbonyl (C=O) groups is 9. The van der Waals surface area contributed by atoms with Crippen LogP contribution in [0.5, 0.6) is 0 Å². The summed E-state index contributed by atoms with van der Waals surface area (Å²) in [6.07, 6.45) is 4.30. The molecule has 2 aromatic heterocycles. The zero-order valence-electron chi connectivity index (χ0n) is 60.4. The maximum Gasteiger partial charge on any atom is 0.326 e. The van der Waals surface area contributed by atoms with Crippen molar-refractivity contribution in [3.63, 3.8) is 0 Å². The minimum absolute atomic E-state index is 0.00214. The Labute approximate surface area is 591 Å². The first-order valence-corrected chi connectivity index (χ1v) is 34.9. The summed E-state index contributed by atoms with van der Waals surface area (Å²) in [6.45, 7) is 14.7. The Bertz CT molecular complexity index is 3620. The van der Waals surface area contributed by atoms with Crippen LogP contribution in [0.3, 0.4) is 0 Å². The Morgan fingerprint density at radius 2 is 1.44 bits per heavy atom. The highest BCUT2D eigenvalue weighted by atomic mass is 16.5. The van der Waals surface area contributed by atoms with Gasteiger partial charge in [0.1, 0.15) is 18.1 Å². The molecular weight excluding hydrogens is 1290 g/mol. The third-order valence-electron chi connectivity index (χ3n) is 18.6. The number of H-pyrrole nitrogens is 1. The van der Waals surface area contributed by atoms with Gasteiger partial charge in [-0.25, -0.2) is 14.8 Å². The van der Waals surface area contributed by atoms with Gasteiger partial charge < -0.3 is 67.3 Å². The predicted octanol–water partition coefficient (Wildman–Crippen LogP) is 5.22. The van der Waals surface area contributed by atoms with Crippen LogP contribution in [0.2, 0.25) is 0 Å². The number of unbranched alkanes of at least 4 members (excludes halogenated alkanes) is 2. The normalized spacial score (nSPS) is 15.7. The molecule has 6 rings (SSSR count). The van der Waals surface area contributed by atoms with Crippen molar-refractivity contribution in [1.29, 1.82) is 0 Å². The molecule has 0 bridgehead atoms. The summed E-state index contributed by atoms with van der Waals surface area (Å²) < 4.78 is 12.2. The molecule has 10 atom stereocenters. The van der Waals surface area contributed by atoms with Crippen molar-refractivity contribution in [3.05, 3.63) is 118 Å². The highest BCUT2D eigenvalue weighted by Gasteiger charge is 2.44. The molecule has 0 saturated carbocycles. The average Bonchev–Trinajstić information content (AvgIpc) is 1.79. The predicted molar refractivity (Wildman–Crippen MR) is 385 cm³/mol. The summed E-state index contributed by atoms with van der Waals surface area (Å²) in [5.41, 5.74) is 8.79. The molecule has 28 nitrogen and oxygen atoms in total. The van der Waals surface area contributed by atoms with Crippen LogP contribution in [0.1, 0.15) is 140 Å². The van der Waals surface area contributed by atoms with Crippen LogP contribution in [0.25, 0.3) is 11.2 Å². The van der Waals surface area contributed by atoms with Gasteiger partial charge in [0.15, 0.2) is 11.2 Å². The van der Waals surface area contributed by atoms with Crippen molar-refractivity contribution < 1.29 is 57.7 Å². The molecule has 3 aromatic carbocycles. The van der Waals surface area contributed by atoms with Gasteiger partial charge in [-0.15, -0.1) is 0 Å². The van der Waals surface area contributed by atoms with E-state index >= 15 is 0 Å². The topological polar surface area (TPSA) is 384 Å². The summed E-state index contributed by atoms with van der Waals surface area (Å²) in [5.74, 6) is -5.17. The van der Waals surface area contributed by atoms with E-state index in [1.165, 1.54) is 32.5 Å². The van der Waals surface area contributed by atoms with Crippen molar-refractivity contribution in [3.8, 4) is 0 Å². The largest absolute Gasteiger partial charge is 0.480 e. The number of methoxy groups -OCH3 is 2. The first-order chi connectivity index (χ1) is 48.1. The van der Waals surface area contributed by atoms with Crippen molar-refractivity contribution in [2.45, 2.75) is 181 Å². The van der Waals surface area contributed by atoms with Gasteiger partial charge in [0.2, 0.25) is 47.3 Å². The van der Waals surface area contributed by atoms with Gasteiger partial charge in [-0.05, 0) is 118 Å². The summed E-state index contributed by atoms with van der Waals surface area (Å²) in [6, 6.07) is 18.4. The number of likely N-dealkylation sites (tertiary alicyclic amines) is 1. The van der Waals surface area contributed by atoms with Gasteiger partial charge >= 0.3 is 5.97 Å². The molecule has 3 heterocycles. The lowest BCUT2D eigenvalue weighted by atomic mass is 9.89. The molecule has 28 heteroatoms. The number of benzene rings is 3. The van der Waals surface area contributed by atoms with Crippen LogP contribution in [0.4, 0.5) is 17.3 Å². The molecule has 0 spiro atoms. The summed E-state index contributed by atoms with van der Waals surface area (Å²) in [5, 5.41) is 30.1. The number of aromatic amines is 1. The quantitative estimate of drug-likeness (QED) is 0.0225. The Morgan fingerprint density at radius 1 is 0.743 bits per heavy atom. The number of ether oxygens (including phenoxy) is 2. The third kappa shape index (κ3) is 23.9. The number of nitrogens with one attached hydrogen (secondary N) is 8. The van der Waals surface area contributed by atoms with Crippen molar-refractivity contribution in [1.82, 2.24) is 61.2 Å². The van der Waals surface area contributed by atoms with Crippen LogP contribution in [0, 0.1) is 23.7 Å². The van der Waals surface area contributed by atoms with E-state index in [2.05, 4.69) is 57.2 Å². The second kappa shape index (κ2) is 39.5. The van der Waals surface area contributed by atoms with Crippen LogP contribution < -0.4 is 48.5 Å². The average molecular weight is 1400 g/mol. The summed E-state index contributed by atoms with van der Waals surface area (Å²) in [7, 11) is 8.45. The molecule has 1 aliphatic rings. The summed E-state index contributed by atoms with van der Waals surface area (Å²) >= 11 is 0. The lowest BCUT2D eigenvalue weighted by Crippen LogP contribution is -2.59. The van der Waals surface area contributed by atoms with Crippen LogP contribution in [0.15, 0.2) is 89.9 Å². The van der Waals surface area contributed by atoms with Crippen molar-refractivity contribution in [2.75, 3.05) is 71.4 Å². The van der Waals surface area contributed by atoms with E-state index in [9.17, 15) is 53.1 Å². The molecule has 101 heavy (non-hydrogen) atoms. The number of nitrogen functional groups attached to an aromatic ring is 1. The number of nitrogens with two attached hydrogens (primary N) is 1. The van der Waals surface area contributed by atoms with Crippen molar-refractivity contribution >= 4 is 81.7 Å². The van der Waals surface area contributed by atoms with Crippen LogP contribution in [-0.4, -0.2) is 196 Å². The van der Waals surface area contributed by atoms with E-state index in [1.54, 1.807) is 48.0 Å². The fourth-order valence-corrected chi connectivity index (χ4v) is 12.9. The third-order valence-corrected chi connectivity index (χ3v) is 18.6. The fraction of sp³-hybridized carbons (Fsp3) is 0.548. The zero-order valence-corrected chi connectivity index (χ0v) is 60.4. The molecule has 550 valence electrons. The number of carboxylic acid groups (broad SMARTS) is 1. The number of amides is 8. The number of hydrogen-bond donors (Lipinski definition) is 10. The first kappa shape index (κ1) is 80.6. The number of aliphatic carboxylic acids is 1. The van der Waals surface area contributed by atoms with E-state index in [0.29, 0.717) is 75.1 Å².